The Morgan fingerprint density at radius 1 is 1.16 bits per heavy atom. The van der Waals surface area contributed by atoms with Gasteiger partial charge in [-0.25, -0.2) is 13.4 Å². The van der Waals surface area contributed by atoms with E-state index in [1.54, 1.807) is 13.8 Å². The summed E-state index contributed by atoms with van der Waals surface area (Å²) in [7, 11) is 1.34. The van der Waals surface area contributed by atoms with Crippen LogP contribution in [0.25, 0.3) is 11.5 Å². The Morgan fingerprint density at radius 3 is 2.45 bits per heavy atom. The van der Waals surface area contributed by atoms with Crippen LogP contribution in [0.1, 0.15) is 25.5 Å². The molecule has 0 unspecified atom stereocenters. The third-order valence-corrected chi connectivity index (χ3v) is 6.00. The topological polar surface area (TPSA) is 89.8 Å². The fourth-order valence-electron chi connectivity index (χ4n) is 2.76. The van der Waals surface area contributed by atoms with Gasteiger partial charge in [-0.3, -0.25) is 4.72 Å². The fourth-order valence-corrected chi connectivity index (χ4v) is 4.23. The summed E-state index contributed by atoms with van der Waals surface area (Å²) >= 11 is 11.5. The molecule has 3 aromatic rings. The summed E-state index contributed by atoms with van der Waals surface area (Å²) in [6.07, 6.45) is -3.58. The zero-order valence-corrected chi connectivity index (χ0v) is 18.3. The van der Waals surface area contributed by atoms with E-state index in [9.17, 15) is 21.6 Å². The van der Waals surface area contributed by atoms with Crippen LogP contribution in [0.4, 0.5) is 18.9 Å². The summed E-state index contributed by atoms with van der Waals surface area (Å²) in [6, 6.07) is 3.30. The van der Waals surface area contributed by atoms with Crippen LogP contribution in [-0.2, 0) is 16.2 Å². The molecule has 1 aromatic carbocycles. The number of anilines is 1. The van der Waals surface area contributed by atoms with Crippen LogP contribution in [-0.4, -0.2) is 36.0 Å². The van der Waals surface area contributed by atoms with Gasteiger partial charge in [0, 0.05) is 12.2 Å². The molecule has 0 aliphatic rings. The first-order chi connectivity index (χ1) is 14.3. The van der Waals surface area contributed by atoms with Gasteiger partial charge < -0.3 is 4.57 Å². The fraction of sp³-hybridized carbons (Fsp3) is 0.235. The largest absolute Gasteiger partial charge is 0.417 e. The second-order valence-electron chi connectivity index (χ2n) is 6.64. The normalized spacial score (nSPS) is 12.4. The average molecular weight is 490 g/mol. The Morgan fingerprint density at radius 2 is 1.84 bits per heavy atom. The molecule has 2 aromatic heterocycles. The number of nitrogens with zero attached hydrogens (tertiary/aromatic N) is 4. The third kappa shape index (κ3) is 4.80. The number of alkyl halides is 3. The lowest BCUT2D eigenvalue weighted by molar-refractivity contribution is -0.137. The van der Waals surface area contributed by atoms with E-state index in [2.05, 4.69) is 19.9 Å². The minimum Gasteiger partial charge on any atom is -0.316 e. The van der Waals surface area contributed by atoms with Gasteiger partial charge >= 0.3 is 6.18 Å². The van der Waals surface area contributed by atoms with E-state index in [-0.39, 0.29) is 34.0 Å². The Hall–Kier alpha value is -2.31. The lowest BCUT2D eigenvalue weighted by Gasteiger charge is -2.16. The molecule has 0 saturated heterocycles. The van der Waals surface area contributed by atoms with Crippen molar-refractivity contribution >= 4 is 52.5 Å². The molecule has 162 valence electrons. The first-order valence-corrected chi connectivity index (χ1v) is 10.8. The molecule has 7 nitrogen and oxygen atoms in total. The van der Waals surface area contributed by atoms with Crippen molar-refractivity contribution in [2.75, 3.05) is 4.72 Å². The third-order valence-electron chi connectivity index (χ3n) is 4.10. The lowest BCUT2D eigenvalue weighted by atomic mass is 10.1. The number of nitrogens with one attached hydrogen (secondary N) is 1. The molecule has 0 atom stereocenters. The van der Waals surface area contributed by atoms with Gasteiger partial charge in [-0.2, -0.15) is 13.2 Å². The molecular weight excluding hydrogens is 477 g/mol. The molecule has 0 fully saturated rings. The maximum Gasteiger partial charge on any atom is 0.417 e. The van der Waals surface area contributed by atoms with Crippen LogP contribution in [0.2, 0.25) is 10.0 Å². The molecule has 0 bridgehead atoms. The van der Waals surface area contributed by atoms with Gasteiger partial charge in [0.25, 0.3) is 10.0 Å². The predicted octanol–water partition coefficient (Wildman–Crippen LogP) is 3.84. The first-order valence-electron chi connectivity index (χ1n) is 8.57. The van der Waals surface area contributed by atoms with Crippen LogP contribution in [0.5, 0.6) is 0 Å². The van der Waals surface area contributed by atoms with Crippen molar-refractivity contribution in [3.63, 3.8) is 0 Å². The van der Waals surface area contributed by atoms with Crippen molar-refractivity contribution in [2.45, 2.75) is 31.0 Å². The molecule has 0 saturated carbocycles. The summed E-state index contributed by atoms with van der Waals surface area (Å²) in [5.41, 5.74) is -1.29. The number of halogens is 5. The van der Waals surface area contributed by atoms with E-state index in [1.165, 1.54) is 16.8 Å². The van der Waals surface area contributed by atoms with Gasteiger partial charge in [-0.15, -0.1) is 10.2 Å². The van der Waals surface area contributed by atoms with Gasteiger partial charge in [0.15, 0.2) is 13.7 Å². The van der Waals surface area contributed by atoms with Crippen molar-refractivity contribution in [3.05, 3.63) is 46.1 Å². The SMILES string of the molecule is [B]c1nnc(-c2ncc(Cl)cc2NS(=O)(=O)c2ccc(Cl)c(C(F)(F)F)c2)n1C(C)C. The molecule has 3 rings (SSSR count). The predicted molar refractivity (Wildman–Crippen MR) is 111 cm³/mol. The second-order valence-corrected chi connectivity index (χ2v) is 9.17. The Kier molecular flexibility index (Phi) is 6.27. The molecule has 2 heterocycles. The van der Waals surface area contributed by atoms with Crippen molar-refractivity contribution in [2.24, 2.45) is 0 Å². The highest BCUT2D eigenvalue weighted by atomic mass is 35.5. The standard InChI is InChI=1S/C17H13BCl2F3N5O2S/c1-8(2)28-15(25-26-16(28)18)14-13(5-9(19)7-24-14)27-31(29,30)10-3-4-12(20)11(6-10)17(21,22)23/h3-8,27H,1-2H3. The summed E-state index contributed by atoms with van der Waals surface area (Å²) in [4.78, 5) is 3.46. The lowest BCUT2D eigenvalue weighted by Crippen LogP contribution is -2.22. The van der Waals surface area contributed by atoms with Gasteiger partial charge in [0.05, 0.1) is 31.9 Å². The van der Waals surface area contributed by atoms with Crippen LogP contribution in [0, 0.1) is 0 Å². The highest BCUT2D eigenvalue weighted by Crippen LogP contribution is 2.37. The zero-order valence-electron chi connectivity index (χ0n) is 15.9. The highest BCUT2D eigenvalue weighted by molar-refractivity contribution is 7.92. The van der Waals surface area contributed by atoms with E-state index in [1.807, 2.05) is 0 Å². The van der Waals surface area contributed by atoms with E-state index in [0.29, 0.717) is 6.07 Å². The van der Waals surface area contributed by atoms with Crippen molar-refractivity contribution in [1.29, 1.82) is 0 Å². The van der Waals surface area contributed by atoms with Crippen LogP contribution < -0.4 is 10.4 Å². The number of pyridine rings is 1. The van der Waals surface area contributed by atoms with Crippen LogP contribution >= 0.6 is 23.2 Å². The van der Waals surface area contributed by atoms with E-state index in [4.69, 9.17) is 31.0 Å². The maximum atomic E-state index is 13.1. The summed E-state index contributed by atoms with van der Waals surface area (Å²) < 4.78 is 68.9. The Bertz CT molecular complexity index is 1250. The smallest absolute Gasteiger partial charge is 0.316 e. The summed E-state index contributed by atoms with van der Waals surface area (Å²) in [5, 5.41) is 7.17. The molecule has 31 heavy (non-hydrogen) atoms. The van der Waals surface area contributed by atoms with Crippen LogP contribution in [0.3, 0.4) is 0 Å². The minimum absolute atomic E-state index is 0.0379. The van der Waals surface area contributed by atoms with E-state index < -0.39 is 31.7 Å². The van der Waals surface area contributed by atoms with Gasteiger partial charge in [-0.05, 0) is 38.1 Å². The molecule has 14 heteroatoms. The maximum absolute atomic E-state index is 13.1. The van der Waals surface area contributed by atoms with Crippen molar-refractivity contribution < 1.29 is 21.6 Å². The Labute approximate surface area is 187 Å². The van der Waals surface area contributed by atoms with Gasteiger partial charge in [0.1, 0.15) is 5.69 Å². The van der Waals surface area contributed by atoms with Crippen molar-refractivity contribution in [1.82, 2.24) is 19.7 Å². The van der Waals surface area contributed by atoms with Gasteiger partial charge in [0.2, 0.25) is 0 Å². The number of benzene rings is 1. The van der Waals surface area contributed by atoms with Crippen molar-refractivity contribution in [3.8, 4) is 11.5 Å². The van der Waals surface area contributed by atoms with Gasteiger partial charge in [-0.1, -0.05) is 23.2 Å². The molecule has 0 spiro atoms. The van der Waals surface area contributed by atoms with E-state index in [0.717, 1.165) is 12.1 Å². The van der Waals surface area contributed by atoms with E-state index >= 15 is 0 Å². The summed E-state index contributed by atoms with van der Waals surface area (Å²) in [6.45, 7) is 3.60. The zero-order chi connectivity index (χ0) is 23.1. The number of sulfonamides is 1. The monoisotopic (exact) mass is 489 g/mol. The number of hydrogen-bond donors (Lipinski definition) is 1. The quantitative estimate of drug-likeness (QED) is 0.550. The Balaban J connectivity index is 2.11. The average Bonchev–Trinajstić information content (AvgIpc) is 3.02. The number of hydrogen-bond acceptors (Lipinski definition) is 5. The number of rotatable bonds is 5. The molecule has 2 radical (unpaired) electrons. The molecule has 0 amide bonds. The second kappa shape index (κ2) is 8.32. The molecular formula is C17H13BCl2F3N5O2S. The minimum atomic E-state index is -4.84. The highest BCUT2D eigenvalue weighted by Gasteiger charge is 2.34. The molecule has 1 N–H and O–H groups in total. The molecule has 0 aliphatic heterocycles. The summed E-state index contributed by atoms with van der Waals surface area (Å²) in [5.74, 6) is 0.147. The molecule has 0 aliphatic carbocycles. The number of aromatic nitrogens is 4. The first kappa shape index (κ1) is 23.4. The van der Waals surface area contributed by atoms with Crippen LogP contribution in [0.15, 0.2) is 35.4 Å².